The Bertz CT molecular complexity index is 709. The zero-order chi connectivity index (χ0) is 17.1. The van der Waals surface area contributed by atoms with Gasteiger partial charge in [0, 0.05) is 44.4 Å². The summed E-state index contributed by atoms with van der Waals surface area (Å²) < 4.78 is 7.06. The third-order valence-corrected chi connectivity index (χ3v) is 5.50. The predicted octanol–water partition coefficient (Wildman–Crippen LogP) is 2.21. The molecule has 3 rings (SSSR count). The van der Waals surface area contributed by atoms with Gasteiger partial charge in [0.1, 0.15) is 11.5 Å². The molecule has 24 heavy (non-hydrogen) atoms. The summed E-state index contributed by atoms with van der Waals surface area (Å²) in [5.41, 5.74) is 1.83. The molecule has 1 N–H and O–H groups in total. The van der Waals surface area contributed by atoms with E-state index in [0.717, 1.165) is 25.5 Å². The number of carbonyl (C=O) groups excluding carboxylic acids is 1. The molecule has 130 valence electrons. The molecule has 7 heteroatoms. The maximum atomic E-state index is 12.2. The largest absolute Gasteiger partial charge is 0.383 e. The van der Waals surface area contributed by atoms with Crippen LogP contribution < -0.4 is 5.32 Å². The summed E-state index contributed by atoms with van der Waals surface area (Å²) in [6.45, 7) is 8.08. The number of hydrogen-bond donors (Lipinski definition) is 1. The van der Waals surface area contributed by atoms with Crippen LogP contribution in [0.15, 0.2) is 17.6 Å². The van der Waals surface area contributed by atoms with Gasteiger partial charge in [-0.25, -0.2) is 4.98 Å². The van der Waals surface area contributed by atoms with Crippen LogP contribution in [0.4, 0.5) is 0 Å². The van der Waals surface area contributed by atoms with Gasteiger partial charge in [-0.2, -0.15) is 0 Å². The number of rotatable bonds is 6. The molecule has 0 saturated carbocycles. The minimum Gasteiger partial charge on any atom is -0.383 e. The topological polar surface area (TPSA) is 59.4 Å². The molecule has 2 aromatic rings. The van der Waals surface area contributed by atoms with Crippen molar-refractivity contribution in [2.45, 2.75) is 33.0 Å². The van der Waals surface area contributed by atoms with Crippen LogP contribution in [-0.2, 0) is 17.8 Å². The summed E-state index contributed by atoms with van der Waals surface area (Å²) >= 11 is 1.80. The predicted molar refractivity (Wildman–Crippen MR) is 94.3 cm³/mol. The lowest BCUT2D eigenvalue weighted by molar-refractivity contribution is 0.0932. The number of aryl methyl sites for hydroxylation is 1. The minimum absolute atomic E-state index is 0.137. The van der Waals surface area contributed by atoms with E-state index in [1.54, 1.807) is 18.4 Å². The molecule has 0 aliphatic carbocycles. The summed E-state index contributed by atoms with van der Waals surface area (Å²) in [6, 6.07) is 2.36. The maximum absolute atomic E-state index is 12.2. The Hall–Kier alpha value is -1.70. The molecule has 0 aromatic carbocycles. The van der Waals surface area contributed by atoms with Crippen molar-refractivity contribution in [2.75, 3.05) is 26.8 Å². The average Bonchev–Trinajstić information content (AvgIpc) is 3.17. The Balaban J connectivity index is 1.70. The number of amides is 1. The van der Waals surface area contributed by atoms with Crippen molar-refractivity contribution >= 4 is 17.2 Å². The molecular formula is C17H24N4O2S. The SMILES string of the molecule is COCCNC(=O)c1cn2c(n1)[C@H](C)N(Cc1sccc1C)CC2. The Labute approximate surface area is 146 Å². The number of fused-ring (bicyclic) bond motifs is 1. The van der Waals surface area contributed by atoms with E-state index in [2.05, 4.69) is 45.1 Å². The smallest absolute Gasteiger partial charge is 0.271 e. The van der Waals surface area contributed by atoms with Gasteiger partial charge in [-0.15, -0.1) is 11.3 Å². The number of hydrogen-bond acceptors (Lipinski definition) is 5. The fraction of sp³-hybridized carbons (Fsp3) is 0.529. The Morgan fingerprint density at radius 3 is 3.04 bits per heavy atom. The number of ether oxygens (including phenoxy) is 1. The molecule has 0 unspecified atom stereocenters. The van der Waals surface area contributed by atoms with Crippen LogP contribution in [0.3, 0.4) is 0 Å². The van der Waals surface area contributed by atoms with Crippen LogP contribution in [0.1, 0.15) is 39.7 Å². The van der Waals surface area contributed by atoms with Gasteiger partial charge in [-0.3, -0.25) is 9.69 Å². The van der Waals surface area contributed by atoms with Gasteiger partial charge in [-0.05, 0) is 30.9 Å². The van der Waals surface area contributed by atoms with E-state index in [-0.39, 0.29) is 11.9 Å². The van der Waals surface area contributed by atoms with E-state index >= 15 is 0 Å². The van der Waals surface area contributed by atoms with Crippen molar-refractivity contribution in [1.29, 1.82) is 0 Å². The van der Waals surface area contributed by atoms with E-state index in [4.69, 9.17) is 4.74 Å². The zero-order valence-corrected chi connectivity index (χ0v) is 15.2. The lowest BCUT2D eigenvalue weighted by Crippen LogP contribution is -2.36. The third-order valence-electron chi connectivity index (χ3n) is 4.50. The van der Waals surface area contributed by atoms with Crippen molar-refractivity contribution < 1.29 is 9.53 Å². The molecular weight excluding hydrogens is 324 g/mol. The molecule has 1 aliphatic rings. The quantitative estimate of drug-likeness (QED) is 0.813. The molecule has 0 saturated heterocycles. The summed E-state index contributed by atoms with van der Waals surface area (Å²) in [7, 11) is 1.62. The third kappa shape index (κ3) is 3.53. The molecule has 2 aromatic heterocycles. The first-order chi connectivity index (χ1) is 11.6. The van der Waals surface area contributed by atoms with Crippen LogP contribution >= 0.6 is 11.3 Å². The van der Waals surface area contributed by atoms with Gasteiger partial charge in [0.25, 0.3) is 5.91 Å². The monoisotopic (exact) mass is 348 g/mol. The van der Waals surface area contributed by atoms with E-state index < -0.39 is 0 Å². The van der Waals surface area contributed by atoms with Crippen molar-refractivity contribution in [3.05, 3.63) is 39.6 Å². The average molecular weight is 348 g/mol. The van der Waals surface area contributed by atoms with Crippen molar-refractivity contribution in [2.24, 2.45) is 0 Å². The second-order valence-corrected chi connectivity index (χ2v) is 7.10. The van der Waals surface area contributed by atoms with E-state index in [1.165, 1.54) is 10.4 Å². The van der Waals surface area contributed by atoms with Gasteiger partial charge in [0.15, 0.2) is 0 Å². The lowest BCUT2D eigenvalue weighted by Gasteiger charge is -2.33. The Kier molecular flexibility index (Phi) is 5.33. The van der Waals surface area contributed by atoms with E-state index in [9.17, 15) is 4.79 Å². The Morgan fingerprint density at radius 2 is 2.33 bits per heavy atom. The van der Waals surface area contributed by atoms with Crippen molar-refractivity contribution in [3.63, 3.8) is 0 Å². The first-order valence-corrected chi connectivity index (χ1v) is 9.09. The summed E-state index contributed by atoms with van der Waals surface area (Å²) in [4.78, 5) is 20.6. The normalized spacial score (nSPS) is 17.7. The van der Waals surface area contributed by atoms with Crippen LogP contribution in [0.2, 0.25) is 0 Å². The number of nitrogens with zero attached hydrogens (tertiary/aromatic N) is 3. The highest BCUT2D eigenvalue weighted by Crippen LogP contribution is 2.28. The molecule has 0 fully saturated rings. The molecule has 1 amide bonds. The van der Waals surface area contributed by atoms with Gasteiger partial charge >= 0.3 is 0 Å². The van der Waals surface area contributed by atoms with Gasteiger partial charge < -0.3 is 14.6 Å². The molecule has 1 atom stereocenters. The summed E-state index contributed by atoms with van der Waals surface area (Å²) in [6.07, 6.45) is 1.86. The van der Waals surface area contributed by atoms with Gasteiger partial charge in [0.05, 0.1) is 12.6 Å². The first kappa shape index (κ1) is 17.1. The van der Waals surface area contributed by atoms with Crippen molar-refractivity contribution in [3.8, 4) is 0 Å². The van der Waals surface area contributed by atoms with Crippen molar-refractivity contribution in [1.82, 2.24) is 19.8 Å². The number of aromatic nitrogens is 2. The standard InChI is InChI=1S/C17H24N4O2S/c1-12-4-9-24-15(12)11-20-6-7-21-10-14(19-16(21)13(20)2)17(22)18-5-8-23-3/h4,9-10,13H,5-8,11H2,1-3H3,(H,18,22)/t13-/m0/s1. The number of thiophene rings is 1. The fourth-order valence-electron chi connectivity index (χ4n) is 2.97. The molecule has 0 spiro atoms. The van der Waals surface area contributed by atoms with Crippen LogP contribution in [0, 0.1) is 6.92 Å². The van der Waals surface area contributed by atoms with Gasteiger partial charge in [-0.1, -0.05) is 0 Å². The number of methoxy groups -OCH3 is 1. The van der Waals surface area contributed by atoms with Gasteiger partial charge in [0.2, 0.25) is 0 Å². The Morgan fingerprint density at radius 1 is 1.50 bits per heavy atom. The van der Waals surface area contributed by atoms with Crippen LogP contribution in [0.25, 0.3) is 0 Å². The molecule has 3 heterocycles. The summed E-state index contributed by atoms with van der Waals surface area (Å²) in [5, 5.41) is 4.97. The highest BCUT2D eigenvalue weighted by molar-refractivity contribution is 7.10. The number of imidazole rings is 1. The van der Waals surface area contributed by atoms with Crippen LogP contribution in [-0.4, -0.2) is 47.2 Å². The fourth-order valence-corrected chi connectivity index (χ4v) is 3.90. The second-order valence-electron chi connectivity index (χ2n) is 6.10. The highest BCUT2D eigenvalue weighted by atomic mass is 32.1. The van der Waals surface area contributed by atoms with E-state index in [0.29, 0.717) is 18.8 Å². The zero-order valence-electron chi connectivity index (χ0n) is 14.4. The molecule has 0 bridgehead atoms. The summed E-state index contributed by atoms with van der Waals surface area (Å²) in [5.74, 6) is 0.828. The second kappa shape index (κ2) is 7.46. The number of nitrogens with one attached hydrogen (secondary N) is 1. The maximum Gasteiger partial charge on any atom is 0.271 e. The lowest BCUT2D eigenvalue weighted by atomic mass is 10.2. The van der Waals surface area contributed by atoms with E-state index in [1.807, 2.05) is 6.20 Å². The number of carbonyl (C=O) groups is 1. The first-order valence-electron chi connectivity index (χ1n) is 8.21. The molecule has 6 nitrogen and oxygen atoms in total. The highest BCUT2D eigenvalue weighted by Gasteiger charge is 2.27. The molecule has 1 aliphatic heterocycles. The van der Waals surface area contributed by atoms with Crippen LogP contribution in [0.5, 0.6) is 0 Å². The molecule has 0 radical (unpaired) electrons. The minimum atomic E-state index is -0.137.